The molecule has 1 amide bonds. The van der Waals surface area contributed by atoms with Gasteiger partial charge in [-0.2, -0.15) is 0 Å². The summed E-state index contributed by atoms with van der Waals surface area (Å²) in [5, 5.41) is 4.26. The van der Waals surface area contributed by atoms with Gasteiger partial charge in [0.1, 0.15) is 5.00 Å². The lowest BCUT2D eigenvalue weighted by Gasteiger charge is -2.34. The number of piperazine rings is 1. The molecule has 2 rings (SSSR count). The summed E-state index contributed by atoms with van der Waals surface area (Å²) in [5.41, 5.74) is 0.980. The van der Waals surface area contributed by atoms with Crippen LogP contribution in [0.3, 0.4) is 0 Å². The second-order valence-electron chi connectivity index (χ2n) is 6.17. The minimum absolute atomic E-state index is 0.147. The molecule has 0 aromatic carbocycles. The van der Waals surface area contributed by atoms with Gasteiger partial charge < -0.3 is 24.8 Å². The topological polar surface area (TPSA) is 65.1 Å². The molecule has 9 heteroatoms. The van der Waals surface area contributed by atoms with Crippen molar-refractivity contribution in [3.05, 3.63) is 16.0 Å². The van der Waals surface area contributed by atoms with Crippen molar-refractivity contribution in [2.24, 2.45) is 0 Å². The fraction of sp³-hybridized carbons (Fsp3) is 0.562. The minimum Gasteiger partial charge on any atom is -0.465 e. The summed E-state index contributed by atoms with van der Waals surface area (Å²) in [6.45, 7) is 5.26. The highest BCUT2D eigenvalue weighted by Gasteiger charge is 2.27. The average molecular weight is 385 g/mol. The highest BCUT2D eigenvalue weighted by Crippen LogP contribution is 2.34. The summed E-state index contributed by atoms with van der Waals surface area (Å²) in [6, 6.07) is 0. The third kappa shape index (κ3) is 4.28. The largest absolute Gasteiger partial charge is 0.465 e. The first-order chi connectivity index (χ1) is 11.8. The molecule has 1 saturated heterocycles. The van der Waals surface area contributed by atoms with Gasteiger partial charge in [-0.1, -0.05) is 0 Å². The first kappa shape index (κ1) is 19.6. The zero-order valence-electron chi connectivity index (χ0n) is 15.2. The summed E-state index contributed by atoms with van der Waals surface area (Å²) in [6.07, 6.45) is 0. The van der Waals surface area contributed by atoms with Gasteiger partial charge in [-0.25, -0.2) is 4.79 Å². The number of ether oxygens (including phenoxy) is 1. The first-order valence-electron chi connectivity index (χ1n) is 7.94. The lowest BCUT2D eigenvalue weighted by molar-refractivity contribution is 0.0601. The van der Waals surface area contributed by atoms with E-state index < -0.39 is 5.97 Å². The number of hydrogen-bond acceptors (Lipinski definition) is 6. The van der Waals surface area contributed by atoms with Gasteiger partial charge in [0.25, 0.3) is 5.91 Å². The van der Waals surface area contributed by atoms with E-state index in [0.717, 1.165) is 26.2 Å². The third-order valence-electron chi connectivity index (χ3n) is 4.15. The van der Waals surface area contributed by atoms with E-state index in [0.29, 0.717) is 26.1 Å². The van der Waals surface area contributed by atoms with E-state index in [4.69, 9.17) is 17.0 Å². The van der Waals surface area contributed by atoms with Crippen LogP contribution in [0.15, 0.2) is 0 Å². The van der Waals surface area contributed by atoms with Gasteiger partial charge in [0, 0.05) is 40.3 Å². The van der Waals surface area contributed by atoms with Crippen LogP contribution < -0.4 is 5.32 Å². The van der Waals surface area contributed by atoms with E-state index in [2.05, 4.69) is 22.2 Å². The molecule has 1 aromatic heterocycles. The number of thiocarbonyl (C=S) groups is 1. The molecule has 0 bridgehead atoms. The number of amides is 1. The van der Waals surface area contributed by atoms with Crippen LogP contribution in [-0.4, -0.2) is 86.1 Å². The van der Waals surface area contributed by atoms with Crippen molar-refractivity contribution >= 4 is 45.5 Å². The molecular weight excluding hydrogens is 360 g/mol. The highest BCUT2D eigenvalue weighted by atomic mass is 32.1. The second kappa shape index (κ2) is 8.11. The lowest BCUT2D eigenvalue weighted by atomic mass is 10.1. The van der Waals surface area contributed by atoms with Crippen LogP contribution in [0.4, 0.5) is 5.00 Å². The molecule has 1 fully saturated rings. The number of methoxy groups -OCH3 is 1. The Kier molecular flexibility index (Phi) is 6.36. The van der Waals surface area contributed by atoms with E-state index in [-0.39, 0.29) is 5.91 Å². The van der Waals surface area contributed by atoms with Crippen molar-refractivity contribution in [2.45, 2.75) is 6.92 Å². The molecular formula is C16H24N4O3S2. The fourth-order valence-corrected chi connectivity index (χ4v) is 4.11. The van der Waals surface area contributed by atoms with Crippen LogP contribution in [0, 0.1) is 6.92 Å². The van der Waals surface area contributed by atoms with Gasteiger partial charge in [-0.15, -0.1) is 11.3 Å². The second-order valence-corrected chi connectivity index (χ2v) is 7.58. The summed E-state index contributed by atoms with van der Waals surface area (Å²) < 4.78 is 4.89. The van der Waals surface area contributed by atoms with E-state index in [1.54, 1.807) is 21.0 Å². The summed E-state index contributed by atoms with van der Waals surface area (Å²) in [5.74, 6) is -0.624. The number of anilines is 1. The monoisotopic (exact) mass is 384 g/mol. The Labute approximate surface area is 157 Å². The number of likely N-dealkylation sites (N-methyl/N-ethyl adjacent to an activating group) is 1. The summed E-state index contributed by atoms with van der Waals surface area (Å²) in [4.78, 5) is 30.9. The summed E-state index contributed by atoms with van der Waals surface area (Å²) >= 11 is 6.73. The van der Waals surface area contributed by atoms with Crippen LogP contribution in [0.5, 0.6) is 0 Å². The molecule has 0 spiro atoms. The Morgan fingerprint density at radius 2 is 1.84 bits per heavy atom. The number of rotatable bonds is 3. The zero-order chi connectivity index (χ0) is 18.7. The van der Waals surface area contributed by atoms with Crippen LogP contribution in [0.1, 0.15) is 25.6 Å². The molecule has 7 nitrogen and oxygen atoms in total. The molecule has 1 aliphatic heterocycles. The molecule has 0 atom stereocenters. The van der Waals surface area contributed by atoms with Crippen LogP contribution in [0.2, 0.25) is 0 Å². The van der Waals surface area contributed by atoms with Gasteiger partial charge >= 0.3 is 5.97 Å². The van der Waals surface area contributed by atoms with E-state index in [9.17, 15) is 9.59 Å². The van der Waals surface area contributed by atoms with Gasteiger partial charge in [-0.05, 0) is 31.8 Å². The van der Waals surface area contributed by atoms with Crippen LogP contribution in [0.25, 0.3) is 0 Å². The van der Waals surface area contributed by atoms with E-state index in [1.807, 2.05) is 0 Å². The molecule has 2 heterocycles. The number of carbonyl (C=O) groups is 2. The Morgan fingerprint density at radius 1 is 1.24 bits per heavy atom. The Hall–Kier alpha value is -1.71. The van der Waals surface area contributed by atoms with E-state index in [1.165, 1.54) is 23.3 Å². The molecule has 1 aliphatic rings. The van der Waals surface area contributed by atoms with Gasteiger partial charge in [0.15, 0.2) is 5.11 Å². The molecule has 1 N–H and O–H groups in total. The van der Waals surface area contributed by atoms with Gasteiger partial charge in [0.05, 0.1) is 17.6 Å². The number of nitrogens with zero attached hydrogens (tertiary/aromatic N) is 3. The smallest absolute Gasteiger partial charge is 0.341 e. The predicted octanol–water partition coefficient (Wildman–Crippen LogP) is 1.49. The van der Waals surface area contributed by atoms with Crippen molar-refractivity contribution in [2.75, 3.05) is 59.7 Å². The minimum atomic E-state index is -0.477. The fourth-order valence-electron chi connectivity index (χ4n) is 2.54. The highest BCUT2D eigenvalue weighted by molar-refractivity contribution is 7.80. The zero-order valence-corrected chi connectivity index (χ0v) is 16.8. The molecule has 1 aromatic rings. The maximum Gasteiger partial charge on any atom is 0.341 e. The molecule has 138 valence electrons. The van der Waals surface area contributed by atoms with Crippen molar-refractivity contribution in [3.8, 4) is 0 Å². The van der Waals surface area contributed by atoms with Crippen LogP contribution in [-0.2, 0) is 4.74 Å². The quantitative estimate of drug-likeness (QED) is 0.626. The van der Waals surface area contributed by atoms with Crippen molar-refractivity contribution in [3.63, 3.8) is 0 Å². The molecule has 25 heavy (non-hydrogen) atoms. The maximum absolute atomic E-state index is 12.4. The molecule has 0 aliphatic carbocycles. The molecule has 0 unspecified atom stereocenters. The predicted molar refractivity (Wildman–Crippen MR) is 104 cm³/mol. The Balaban J connectivity index is 2.29. The maximum atomic E-state index is 12.4. The Morgan fingerprint density at radius 3 is 2.36 bits per heavy atom. The van der Waals surface area contributed by atoms with Crippen molar-refractivity contribution in [1.29, 1.82) is 0 Å². The normalized spacial score (nSPS) is 15.0. The van der Waals surface area contributed by atoms with Crippen LogP contribution >= 0.6 is 23.6 Å². The lowest BCUT2D eigenvalue weighted by Crippen LogP contribution is -2.48. The van der Waals surface area contributed by atoms with Gasteiger partial charge in [0.2, 0.25) is 0 Å². The SMILES string of the molecule is COC(=O)c1c(NC(=S)N2CCN(C)CC2)sc(C(=O)N(C)C)c1C. The third-order valence-corrected chi connectivity index (χ3v) is 5.70. The number of carbonyl (C=O) groups excluding carboxylic acids is 2. The molecule has 0 saturated carbocycles. The van der Waals surface area contributed by atoms with Gasteiger partial charge in [-0.3, -0.25) is 4.79 Å². The average Bonchev–Trinajstić information content (AvgIpc) is 2.90. The van der Waals surface area contributed by atoms with Crippen molar-refractivity contribution in [1.82, 2.24) is 14.7 Å². The van der Waals surface area contributed by atoms with Crippen molar-refractivity contribution < 1.29 is 14.3 Å². The number of esters is 1. The number of nitrogens with one attached hydrogen (secondary N) is 1. The number of thiophene rings is 1. The Bertz CT molecular complexity index is 679. The summed E-state index contributed by atoms with van der Waals surface area (Å²) in [7, 11) is 6.77. The number of hydrogen-bond donors (Lipinski definition) is 1. The standard InChI is InChI=1S/C16H24N4O3S2/c1-10-11(15(22)23-5)13(25-12(10)14(21)18(2)3)17-16(24)20-8-6-19(4)7-9-20/h6-9H2,1-5H3,(H,17,24). The first-order valence-corrected chi connectivity index (χ1v) is 9.16. The molecule has 0 radical (unpaired) electrons. The van der Waals surface area contributed by atoms with E-state index >= 15 is 0 Å².